The van der Waals surface area contributed by atoms with E-state index in [1.54, 1.807) is 17.4 Å². The maximum atomic E-state index is 4.14. The van der Waals surface area contributed by atoms with Crippen LogP contribution in [0.5, 0.6) is 0 Å². The lowest BCUT2D eigenvalue weighted by Gasteiger charge is -2.05. The van der Waals surface area contributed by atoms with Gasteiger partial charge in [0.05, 0.1) is 6.21 Å². The minimum absolute atomic E-state index is 0.808. The molecule has 0 atom stereocenters. The van der Waals surface area contributed by atoms with Crippen molar-refractivity contribution in [3.05, 3.63) is 24.4 Å². The van der Waals surface area contributed by atoms with Crippen molar-refractivity contribution in [2.24, 2.45) is 10.1 Å². The van der Waals surface area contributed by atoms with Gasteiger partial charge in [-0.15, -0.1) is 0 Å². The minimum Gasteiger partial charge on any atom is -0.250 e. The van der Waals surface area contributed by atoms with Gasteiger partial charge in [-0.25, -0.2) is 4.99 Å². The Balaban J connectivity index is 2.81. The van der Waals surface area contributed by atoms with Crippen LogP contribution < -0.4 is 0 Å². The Hall–Kier alpha value is -1.38. The van der Waals surface area contributed by atoms with E-state index in [9.17, 15) is 0 Å². The SMILES string of the molecule is C=C1C=NN(C)C1=N/C=C\C. The lowest BCUT2D eigenvalue weighted by Crippen LogP contribution is -2.16. The molecule has 0 aromatic rings. The molecule has 1 rings (SSSR count). The quantitative estimate of drug-likeness (QED) is 0.554. The number of likely N-dealkylation sites (N-methyl/N-ethyl adjacent to an activating group) is 1. The van der Waals surface area contributed by atoms with Gasteiger partial charge >= 0.3 is 0 Å². The highest BCUT2D eigenvalue weighted by Gasteiger charge is 2.12. The average molecular weight is 149 g/mol. The largest absolute Gasteiger partial charge is 0.250 e. The molecule has 0 saturated heterocycles. The zero-order chi connectivity index (χ0) is 8.27. The van der Waals surface area contributed by atoms with Gasteiger partial charge in [0.1, 0.15) is 0 Å². The number of aliphatic imine (C=N–C) groups is 1. The van der Waals surface area contributed by atoms with Gasteiger partial charge in [0.25, 0.3) is 0 Å². The molecule has 1 aliphatic heterocycles. The molecule has 0 spiro atoms. The molecule has 3 nitrogen and oxygen atoms in total. The van der Waals surface area contributed by atoms with Crippen LogP contribution in [0, 0.1) is 0 Å². The van der Waals surface area contributed by atoms with Crippen LogP contribution in [0.3, 0.4) is 0 Å². The van der Waals surface area contributed by atoms with Gasteiger partial charge in [0, 0.05) is 18.8 Å². The molecular formula is C8H11N3. The molecule has 0 fully saturated rings. The fourth-order valence-electron chi connectivity index (χ4n) is 0.788. The standard InChI is InChI=1S/C8H11N3/c1-4-5-9-8-7(2)6-10-11(8)3/h4-6H,2H2,1,3H3/b5-4-,9-8?. The fraction of sp³-hybridized carbons (Fsp3) is 0.250. The van der Waals surface area contributed by atoms with Crippen LogP contribution in [0.4, 0.5) is 0 Å². The average Bonchev–Trinajstić information content (AvgIpc) is 2.29. The molecule has 0 N–H and O–H groups in total. The van der Waals surface area contributed by atoms with Crippen molar-refractivity contribution in [3.63, 3.8) is 0 Å². The van der Waals surface area contributed by atoms with E-state index in [4.69, 9.17) is 0 Å². The second-order valence-corrected chi connectivity index (χ2v) is 2.23. The number of hydrogen-bond acceptors (Lipinski definition) is 2. The normalized spacial score (nSPS) is 21.1. The summed E-state index contributed by atoms with van der Waals surface area (Å²) in [5, 5.41) is 5.69. The van der Waals surface area contributed by atoms with Crippen LogP contribution in [0.2, 0.25) is 0 Å². The van der Waals surface area contributed by atoms with Crippen LogP contribution >= 0.6 is 0 Å². The molecular weight excluding hydrogens is 138 g/mol. The summed E-state index contributed by atoms with van der Waals surface area (Å²) in [5.41, 5.74) is 0.852. The van der Waals surface area contributed by atoms with E-state index in [-0.39, 0.29) is 0 Å². The highest BCUT2D eigenvalue weighted by atomic mass is 15.5. The van der Waals surface area contributed by atoms with Gasteiger partial charge in [-0.2, -0.15) is 5.10 Å². The van der Waals surface area contributed by atoms with Crippen LogP contribution in [0.15, 0.2) is 34.5 Å². The Morgan fingerprint density at radius 2 is 2.45 bits per heavy atom. The molecule has 11 heavy (non-hydrogen) atoms. The second-order valence-electron chi connectivity index (χ2n) is 2.23. The van der Waals surface area contributed by atoms with E-state index in [1.807, 2.05) is 20.0 Å². The van der Waals surface area contributed by atoms with E-state index in [1.165, 1.54) is 0 Å². The number of hydrazone groups is 1. The zero-order valence-electron chi connectivity index (χ0n) is 6.78. The molecule has 0 radical (unpaired) electrons. The third kappa shape index (κ3) is 1.55. The monoisotopic (exact) mass is 149 g/mol. The molecule has 3 heteroatoms. The van der Waals surface area contributed by atoms with Crippen molar-refractivity contribution in [2.75, 3.05) is 7.05 Å². The van der Waals surface area contributed by atoms with Crippen LogP contribution in [-0.4, -0.2) is 24.1 Å². The number of nitrogens with zero attached hydrogens (tertiary/aromatic N) is 3. The number of amidine groups is 1. The summed E-state index contributed by atoms with van der Waals surface area (Å²) in [6, 6.07) is 0. The highest BCUT2D eigenvalue weighted by molar-refractivity contribution is 6.17. The first-order valence-corrected chi connectivity index (χ1v) is 3.41. The summed E-state index contributed by atoms with van der Waals surface area (Å²) in [4.78, 5) is 4.14. The number of hydrogen-bond donors (Lipinski definition) is 0. The van der Waals surface area contributed by atoms with Crippen molar-refractivity contribution in [2.45, 2.75) is 6.92 Å². The molecule has 1 heterocycles. The predicted octanol–water partition coefficient (Wildman–Crippen LogP) is 1.41. The Labute approximate surface area is 66.4 Å². The zero-order valence-corrected chi connectivity index (χ0v) is 6.78. The molecule has 0 saturated carbocycles. The highest BCUT2D eigenvalue weighted by Crippen LogP contribution is 2.06. The van der Waals surface area contributed by atoms with Gasteiger partial charge in [-0.3, -0.25) is 5.01 Å². The summed E-state index contributed by atoms with van der Waals surface area (Å²) in [6.45, 7) is 5.70. The van der Waals surface area contributed by atoms with Crippen molar-refractivity contribution in [1.82, 2.24) is 5.01 Å². The topological polar surface area (TPSA) is 28.0 Å². The van der Waals surface area contributed by atoms with E-state index < -0.39 is 0 Å². The van der Waals surface area contributed by atoms with Crippen molar-refractivity contribution in [3.8, 4) is 0 Å². The summed E-state index contributed by atoms with van der Waals surface area (Å²) in [7, 11) is 1.84. The Morgan fingerprint density at radius 3 is 2.91 bits per heavy atom. The molecule has 0 bridgehead atoms. The van der Waals surface area contributed by atoms with Gasteiger partial charge in [0.2, 0.25) is 0 Å². The molecule has 1 aliphatic rings. The third-order valence-corrected chi connectivity index (χ3v) is 1.33. The lowest BCUT2D eigenvalue weighted by atomic mass is 10.3. The third-order valence-electron chi connectivity index (χ3n) is 1.33. The van der Waals surface area contributed by atoms with Crippen molar-refractivity contribution in [1.29, 1.82) is 0 Å². The van der Waals surface area contributed by atoms with Gasteiger partial charge in [0.15, 0.2) is 5.84 Å². The first-order valence-electron chi connectivity index (χ1n) is 3.41. The molecule has 0 aromatic heterocycles. The van der Waals surface area contributed by atoms with Gasteiger partial charge < -0.3 is 0 Å². The molecule has 0 aliphatic carbocycles. The molecule has 0 aromatic carbocycles. The van der Waals surface area contributed by atoms with Gasteiger partial charge in [-0.1, -0.05) is 12.7 Å². The predicted molar refractivity (Wildman–Crippen MR) is 47.6 cm³/mol. The summed E-state index contributed by atoms with van der Waals surface area (Å²) < 4.78 is 0. The maximum absolute atomic E-state index is 4.14. The van der Waals surface area contributed by atoms with Gasteiger partial charge in [-0.05, 0) is 6.92 Å². The fourth-order valence-corrected chi connectivity index (χ4v) is 0.788. The maximum Gasteiger partial charge on any atom is 0.156 e. The van der Waals surface area contributed by atoms with E-state index in [0.717, 1.165) is 11.4 Å². The Kier molecular flexibility index (Phi) is 2.21. The molecule has 58 valence electrons. The smallest absolute Gasteiger partial charge is 0.156 e. The molecule has 0 unspecified atom stereocenters. The van der Waals surface area contributed by atoms with E-state index >= 15 is 0 Å². The first-order chi connectivity index (χ1) is 5.25. The van der Waals surface area contributed by atoms with Crippen LogP contribution in [-0.2, 0) is 0 Å². The number of rotatable bonds is 1. The summed E-state index contributed by atoms with van der Waals surface area (Å²) >= 11 is 0. The Bertz CT molecular complexity index is 248. The van der Waals surface area contributed by atoms with Crippen LogP contribution in [0.1, 0.15) is 6.92 Å². The van der Waals surface area contributed by atoms with Crippen molar-refractivity contribution >= 4 is 12.1 Å². The molecule has 0 amide bonds. The number of allylic oxidation sites excluding steroid dienone is 1. The lowest BCUT2D eigenvalue weighted by molar-refractivity contribution is 0.561. The summed E-state index contributed by atoms with van der Waals surface area (Å²) in [6.07, 6.45) is 5.29. The van der Waals surface area contributed by atoms with E-state index in [2.05, 4.69) is 16.7 Å². The Morgan fingerprint density at radius 1 is 1.73 bits per heavy atom. The summed E-state index contributed by atoms with van der Waals surface area (Å²) in [5.74, 6) is 0.808. The van der Waals surface area contributed by atoms with E-state index in [0.29, 0.717) is 0 Å². The minimum atomic E-state index is 0.808. The second kappa shape index (κ2) is 3.14. The van der Waals surface area contributed by atoms with Crippen molar-refractivity contribution < 1.29 is 0 Å². The van der Waals surface area contributed by atoms with Crippen LogP contribution in [0.25, 0.3) is 0 Å². The first kappa shape index (κ1) is 7.72.